The summed E-state index contributed by atoms with van der Waals surface area (Å²) in [6.07, 6.45) is 0. The van der Waals surface area contributed by atoms with E-state index in [-0.39, 0.29) is 0 Å². The van der Waals surface area contributed by atoms with Gasteiger partial charge in [-0.1, -0.05) is 33.6 Å². The van der Waals surface area contributed by atoms with E-state index in [1.54, 1.807) is 18.2 Å². The summed E-state index contributed by atoms with van der Waals surface area (Å²) in [6.45, 7) is 0. The molecule has 0 bridgehead atoms. The van der Waals surface area contributed by atoms with Crippen molar-refractivity contribution in [2.45, 2.75) is 0 Å². The third-order valence-corrected chi connectivity index (χ3v) is 2.91. The molecule has 0 aromatic heterocycles. The molecule has 0 spiro atoms. The normalized spacial score (nSPS) is 10.1. The third kappa shape index (κ3) is 2.49. The Kier molecular flexibility index (Phi) is 3.36. The molecule has 2 aromatic carbocycles. The highest BCUT2D eigenvalue weighted by molar-refractivity contribution is 9.10. The number of halogens is 2. The maximum atomic E-state index is 5.89. The van der Waals surface area contributed by atoms with Crippen LogP contribution in [0.5, 0.6) is 11.5 Å². The Morgan fingerprint density at radius 1 is 1.06 bits per heavy atom. The van der Waals surface area contributed by atoms with Crippen LogP contribution in [-0.2, 0) is 0 Å². The monoisotopic (exact) mass is 297 g/mol. The van der Waals surface area contributed by atoms with E-state index in [9.17, 15) is 0 Å². The molecule has 0 saturated carbocycles. The van der Waals surface area contributed by atoms with Crippen LogP contribution < -0.4 is 10.5 Å². The van der Waals surface area contributed by atoms with E-state index in [0.29, 0.717) is 16.5 Å². The summed E-state index contributed by atoms with van der Waals surface area (Å²) in [4.78, 5) is 0. The van der Waals surface area contributed by atoms with Gasteiger partial charge in [-0.2, -0.15) is 0 Å². The number of benzene rings is 2. The van der Waals surface area contributed by atoms with Gasteiger partial charge in [0.25, 0.3) is 0 Å². The van der Waals surface area contributed by atoms with Crippen molar-refractivity contribution in [3.63, 3.8) is 0 Å². The fourth-order valence-electron chi connectivity index (χ4n) is 1.24. The zero-order chi connectivity index (χ0) is 11.5. The van der Waals surface area contributed by atoms with Crippen molar-refractivity contribution in [2.75, 3.05) is 5.73 Å². The van der Waals surface area contributed by atoms with Crippen LogP contribution in [-0.4, -0.2) is 0 Å². The standard InChI is InChI=1S/C12H9BrClNO/c13-8-4-6-9(7-5-8)16-11-3-1-2-10(14)12(11)15/h1-7H,15H2. The zero-order valence-electron chi connectivity index (χ0n) is 8.28. The number of hydrogen-bond acceptors (Lipinski definition) is 2. The topological polar surface area (TPSA) is 35.2 Å². The number of nitrogen functional groups attached to an aromatic ring is 1. The molecular weight excluding hydrogens is 289 g/mol. The van der Waals surface area contributed by atoms with Crippen LogP contribution in [0.25, 0.3) is 0 Å². The molecule has 2 aromatic rings. The lowest BCUT2D eigenvalue weighted by Gasteiger charge is -2.09. The van der Waals surface area contributed by atoms with Crippen molar-refractivity contribution < 1.29 is 4.74 Å². The second-order valence-corrected chi connectivity index (χ2v) is 4.53. The molecule has 0 aliphatic rings. The van der Waals surface area contributed by atoms with Crippen LogP contribution >= 0.6 is 27.5 Å². The Balaban J connectivity index is 2.27. The molecule has 0 radical (unpaired) electrons. The minimum Gasteiger partial charge on any atom is -0.455 e. The van der Waals surface area contributed by atoms with Crippen molar-refractivity contribution in [3.8, 4) is 11.5 Å². The molecule has 0 aliphatic carbocycles. The van der Waals surface area contributed by atoms with Gasteiger partial charge in [0.2, 0.25) is 0 Å². The molecule has 82 valence electrons. The molecule has 0 aliphatic heterocycles. The molecule has 0 fully saturated rings. The lowest BCUT2D eigenvalue weighted by molar-refractivity contribution is 0.485. The van der Waals surface area contributed by atoms with Gasteiger partial charge in [0.05, 0.1) is 10.7 Å². The fraction of sp³-hybridized carbons (Fsp3) is 0. The van der Waals surface area contributed by atoms with Crippen molar-refractivity contribution in [1.82, 2.24) is 0 Å². The highest BCUT2D eigenvalue weighted by atomic mass is 79.9. The summed E-state index contributed by atoms with van der Waals surface area (Å²) in [6, 6.07) is 12.8. The zero-order valence-corrected chi connectivity index (χ0v) is 10.6. The molecule has 0 saturated heterocycles. The fourth-order valence-corrected chi connectivity index (χ4v) is 1.67. The van der Waals surface area contributed by atoms with Gasteiger partial charge in [0.1, 0.15) is 5.75 Å². The van der Waals surface area contributed by atoms with E-state index in [1.807, 2.05) is 24.3 Å². The SMILES string of the molecule is Nc1c(Cl)cccc1Oc1ccc(Br)cc1. The first-order valence-corrected chi connectivity index (χ1v) is 5.81. The average molecular weight is 299 g/mol. The largest absolute Gasteiger partial charge is 0.455 e. The number of ether oxygens (including phenoxy) is 1. The predicted molar refractivity (Wildman–Crippen MR) is 70.1 cm³/mol. The minimum atomic E-state index is 0.451. The van der Waals surface area contributed by atoms with Crippen molar-refractivity contribution in [1.29, 1.82) is 0 Å². The molecule has 2 N–H and O–H groups in total. The van der Waals surface area contributed by atoms with Crippen LogP contribution in [0, 0.1) is 0 Å². The smallest absolute Gasteiger partial charge is 0.151 e. The maximum absolute atomic E-state index is 5.89. The van der Waals surface area contributed by atoms with Gasteiger partial charge in [-0.25, -0.2) is 0 Å². The van der Waals surface area contributed by atoms with Gasteiger partial charge in [0, 0.05) is 4.47 Å². The quantitative estimate of drug-likeness (QED) is 0.830. The number of nitrogens with two attached hydrogens (primary N) is 1. The van der Waals surface area contributed by atoms with E-state index >= 15 is 0 Å². The Morgan fingerprint density at radius 3 is 2.44 bits per heavy atom. The highest BCUT2D eigenvalue weighted by Crippen LogP contribution is 2.32. The molecule has 4 heteroatoms. The number of rotatable bonds is 2. The van der Waals surface area contributed by atoms with Gasteiger partial charge >= 0.3 is 0 Å². The van der Waals surface area contributed by atoms with Crippen molar-refractivity contribution in [3.05, 3.63) is 52.0 Å². The molecule has 2 nitrogen and oxygen atoms in total. The minimum absolute atomic E-state index is 0.451. The van der Waals surface area contributed by atoms with Crippen LogP contribution in [0.1, 0.15) is 0 Å². The first-order valence-electron chi connectivity index (χ1n) is 4.64. The molecule has 0 amide bonds. The summed E-state index contributed by atoms with van der Waals surface area (Å²) in [5, 5.41) is 0.495. The Morgan fingerprint density at radius 2 is 1.75 bits per heavy atom. The second-order valence-electron chi connectivity index (χ2n) is 3.21. The summed E-state index contributed by atoms with van der Waals surface area (Å²) < 4.78 is 6.61. The van der Waals surface area contributed by atoms with Gasteiger partial charge in [-0.05, 0) is 36.4 Å². The summed E-state index contributed by atoms with van der Waals surface area (Å²) in [5.41, 5.74) is 6.25. The maximum Gasteiger partial charge on any atom is 0.151 e. The lowest BCUT2D eigenvalue weighted by atomic mass is 10.3. The molecule has 16 heavy (non-hydrogen) atoms. The summed E-state index contributed by atoms with van der Waals surface area (Å²) >= 11 is 9.25. The van der Waals surface area contributed by atoms with E-state index < -0.39 is 0 Å². The van der Waals surface area contributed by atoms with Gasteiger partial charge < -0.3 is 10.5 Å². The second kappa shape index (κ2) is 4.76. The molecule has 0 heterocycles. The van der Waals surface area contributed by atoms with E-state index in [4.69, 9.17) is 22.1 Å². The van der Waals surface area contributed by atoms with Crippen molar-refractivity contribution >= 4 is 33.2 Å². The molecule has 2 rings (SSSR count). The third-order valence-electron chi connectivity index (χ3n) is 2.05. The number of hydrogen-bond donors (Lipinski definition) is 1. The highest BCUT2D eigenvalue weighted by Gasteiger charge is 2.04. The Bertz CT molecular complexity index is 499. The number of para-hydroxylation sites is 1. The van der Waals surface area contributed by atoms with E-state index in [2.05, 4.69) is 15.9 Å². The van der Waals surface area contributed by atoms with E-state index in [0.717, 1.165) is 10.2 Å². The molecule has 0 unspecified atom stereocenters. The first kappa shape index (κ1) is 11.3. The van der Waals surface area contributed by atoms with Crippen LogP contribution in [0.15, 0.2) is 46.9 Å². The van der Waals surface area contributed by atoms with Crippen LogP contribution in [0.4, 0.5) is 5.69 Å². The van der Waals surface area contributed by atoms with Crippen LogP contribution in [0.3, 0.4) is 0 Å². The first-order chi connectivity index (χ1) is 7.66. The molecule has 0 atom stereocenters. The predicted octanol–water partition coefficient (Wildman–Crippen LogP) is 4.48. The summed E-state index contributed by atoms with van der Waals surface area (Å²) in [5.74, 6) is 1.28. The van der Waals surface area contributed by atoms with E-state index in [1.165, 1.54) is 0 Å². The Labute approximate surface area is 107 Å². The van der Waals surface area contributed by atoms with Gasteiger partial charge in [-0.15, -0.1) is 0 Å². The average Bonchev–Trinajstić information content (AvgIpc) is 2.28. The van der Waals surface area contributed by atoms with Gasteiger partial charge in [0.15, 0.2) is 5.75 Å². The molecular formula is C12H9BrClNO. The van der Waals surface area contributed by atoms with Gasteiger partial charge in [-0.3, -0.25) is 0 Å². The van der Waals surface area contributed by atoms with Crippen LogP contribution in [0.2, 0.25) is 5.02 Å². The lowest BCUT2D eigenvalue weighted by Crippen LogP contribution is -1.92. The van der Waals surface area contributed by atoms with Crippen molar-refractivity contribution in [2.24, 2.45) is 0 Å². The number of anilines is 1. The summed E-state index contributed by atoms with van der Waals surface area (Å²) in [7, 11) is 0. The Hall–Kier alpha value is -1.19.